The van der Waals surface area contributed by atoms with E-state index in [4.69, 9.17) is 0 Å². The summed E-state index contributed by atoms with van der Waals surface area (Å²) in [5.41, 5.74) is 2.11. The minimum absolute atomic E-state index is 0.0200. The summed E-state index contributed by atoms with van der Waals surface area (Å²) < 4.78 is 54.6. The molecule has 0 spiro atoms. The van der Waals surface area contributed by atoms with Crippen molar-refractivity contribution in [2.24, 2.45) is 0 Å². The number of carbonyl (C=O) groups is 2. The Balaban J connectivity index is 1.39. The van der Waals surface area contributed by atoms with Gasteiger partial charge in [-0.1, -0.05) is 17.4 Å². The van der Waals surface area contributed by atoms with E-state index in [2.05, 4.69) is 25.0 Å². The average molecular weight is 525 g/mol. The first-order valence-corrected chi connectivity index (χ1v) is 11.5. The lowest BCUT2D eigenvalue weighted by molar-refractivity contribution is -0.275. The van der Waals surface area contributed by atoms with Gasteiger partial charge in [-0.2, -0.15) is 0 Å². The summed E-state index contributed by atoms with van der Waals surface area (Å²) in [6.45, 7) is 4.19. The van der Waals surface area contributed by atoms with Crippen LogP contribution < -0.4 is 15.0 Å². The van der Waals surface area contributed by atoms with Crippen LogP contribution in [0.25, 0.3) is 0 Å². The minimum Gasteiger partial charge on any atom is -0.403 e. The number of ether oxygens (including phenoxy) is 1. The lowest BCUT2D eigenvalue weighted by Gasteiger charge is -2.17. The number of benzene rings is 1. The number of urea groups is 1. The topological polar surface area (TPSA) is 101 Å². The van der Waals surface area contributed by atoms with Crippen LogP contribution in [-0.4, -0.2) is 51.2 Å². The molecular weight excluding hydrogens is 504 g/mol. The van der Waals surface area contributed by atoms with Crippen LogP contribution >= 0.6 is 11.3 Å². The predicted molar refractivity (Wildman–Crippen MR) is 121 cm³/mol. The summed E-state index contributed by atoms with van der Waals surface area (Å²) >= 11 is 1.06. The molecule has 1 aromatic carbocycles. The molecule has 0 atom stereocenters. The lowest BCUT2D eigenvalue weighted by Crippen LogP contribution is -2.31. The molecule has 1 N–H and O–H groups in total. The quantitative estimate of drug-likeness (QED) is 0.470. The van der Waals surface area contributed by atoms with Gasteiger partial charge in [-0.05, 0) is 31.5 Å². The number of rotatable bonds is 7. The number of thiazole rings is 1. The molecule has 190 valence electrons. The van der Waals surface area contributed by atoms with Gasteiger partial charge in [0, 0.05) is 25.8 Å². The summed E-state index contributed by atoms with van der Waals surface area (Å²) in [6, 6.07) is 2.61. The van der Waals surface area contributed by atoms with E-state index in [9.17, 15) is 27.2 Å². The molecule has 3 amide bonds. The number of aromatic nitrogens is 3. The Morgan fingerprint density at radius 2 is 1.97 bits per heavy atom. The largest absolute Gasteiger partial charge is 0.573 e. The second-order valence-electron chi connectivity index (χ2n) is 7.91. The van der Waals surface area contributed by atoms with Gasteiger partial charge in [0.25, 0.3) is 5.91 Å². The Labute approximate surface area is 206 Å². The number of nitrogens with zero attached hydrogens (tertiary/aromatic N) is 5. The van der Waals surface area contributed by atoms with Crippen LogP contribution in [0.3, 0.4) is 0 Å². The number of carbonyl (C=O) groups excluding carboxylic acids is 2. The zero-order chi connectivity index (χ0) is 26.0. The van der Waals surface area contributed by atoms with E-state index < -0.39 is 24.0 Å². The van der Waals surface area contributed by atoms with Gasteiger partial charge in [0.1, 0.15) is 4.88 Å². The Morgan fingerprint density at radius 1 is 1.19 bits per heavy atom. The van der Waals surface area contributed by atoms with Gasteiger partial charge in [-0.25, -0.2) is 14.2 Å². The van der Waals surface area contributed by atoms with Gasteiger partial charge < -0.3 is 15.0 Å². The SMILES string of the molecule is Cc1cnc(CNC(=O)c2sc(N3CCN(Cc4ccc(OC(F)(F)F)c(F)c4)C3=O)nc2C)cn1. The number of anilines is 1. The molecule has 1 aliphatic heterocycles. The molecule has 36 heavy (non-hydrogen) atoms. The van der Waals surface area contributed by atoms with E-state index in [1.807, 2.05) is 0 Å². The Kier molecular flexibility index (Phi) is 7.06. The van der Waals surface area contributed by atoms with Gasteiger partial charge in [0.05, 0.1) is 29.8 Å². The average Bonchev–Trinajstić information content (AvgIpc) is 3.36. The molecular formula is C22H20F4N6O3S. The van der Waals surface area contributed by atoms with Crippen molar-refractivity contribution in [1.29, 1.82) is 0 Å². The highest BCUT2D eigenvalue weighted by atomic mass is 32.1. The highest BCUT2D eigenvalue weighted by molar-refractivity contribution is 7.17. The van der Waals surface area contributed by atoms with Crippen LogP contribution in [0, 0.1) is 19.7 Å². The van der Waals surface area contributed by atoms with E-state index in [0.717, 1.165) is 29.2 Å². The molecule has 0 aliphatic carbocycles. The van der Waals surface area contributed by atoms with Crippen molar-refractivity contribution >= 4 is 28.4 Å². The van der Waals surface area contributed by atoms with Crippen LogP contribution in [0.4, 0.5) is 27.5 Å². The van der Waals surface area contributed by atoms with Gasteiger partial charge >= 0.3 is 12.4 Å². The predicted octanol–water partition coefficient (Wildman–Crippen LogP) is 3.96. The maximum absolute atomic E-state index is 14.0. The minimum atomic E-state index is -5.01. The second-order valence-corrected chi connectivity index (χ2v) is 8.89. The molecule has 14 heteroatoms. The van der Waals surface area contributed by atoms with Crippen molar-refractivity contribution in [3.05, 3.63) is 63.9 Å². The molecule has 0 radical (unpaired) electrons. The van der Waals surface area contributed by atoms with Crippen molar-refractivity contribution in [2.75, 3.05) is 18.0 Å². The van der Waals surface area contributed by atoms with Crippen LogP contribution in [0.1, 0.15) is 32.3 Å². The maximum atomic E-state index is 14.0. The molecule has 4 rings (SSSR count). The number of nitrogens with one attached hydrogen (secondary N) is 1. The van der Waals surface area contributed by atoms with E-state index in [1.54, 1.807) is 26.2 Å². The smallest absolute Gasteiger partial charge is 0.403 e. The van der Waals surface area contributed by atoms with Crippen molar-refractivity contribution < 1.29 is 31.9 Å². The van der Waals surface area contributed by atoms with Crippen LogP contribution in [0.2, 0.25) is 0 Å². The first kappa shape index (κ1) is 25.3. The summed E-state index contributed by atoms with van der Waals surface area (Å²) in [5, 5.41) is 3.09. The van der Waals surface area contributed by atoms with Gasteiger partial charge in [0.2, 0.25) is 0 Å². The van der Waals surface area contributed by atoms with Crippen molar-refractivity contribution in [1.82, 2.24) is 25.2 Å². The van der Waals surface area contributed by atoms with Crippen LogP contribution in [-0.2, 0) is 13.1 Å². The molecule has 2 aromatic heterocycles. The molecule has 0 bridgehead atoms. The third-order valence-corrected chi connectivity index (χ3v) is 6.36. The number of hydrogen-bond acceptors (Lipinski definition) is 7. The number of aryl methyl sites for hydroxylation is 2. The monoisotopic (exact) mass is 524 g/mol. The third kappa shape index (κ3) is 5.87. The van der Waals surface area contributed by atoms with E-state index in [1.165, 1.54) is 15.9 Å². The summed E-state index contributed by atoms with van der Waals surface area (Å²) in [5.74, 6) is -2.49. The summed E-state index contributed by atoms with van der Waals surface area (Å²) in [4.78, 5) is 41.4. The zero-order valence-corrected chi connectivity index (χ0v) is 19.9. The summed E-state index contributed by atoms with van der Waals surface area (Å²) in [7, 11) is 0. The van der Waals surface area contributed by atoms with Crippen molar-refractivity contribution in [2.45, 2.75) is 33.3 Å². The third-order valence-electron chi connectivity index (χ3n) is 5.18. The van der Waals surface area contributed by atoms with Crippen molar-refractivity contribution in [3.63, 3.8) is 0 Å². The molecule has 3 heterocycles. The molecule has 1 saturated heterocycles. The fraction of sp³-hybridized carbons (Fsp3) is 0.318. The van der Waals surface area contributed by atoms with E-state index >= 15 is 0 Å². The molecule has 1 aliphatic rings. The molecule has 0 unspecified atom stereocenters. The first-order chi connectivity index (χ1) is 17.0. The molecule has 9 nitrogen and oxygen atoms in total. The fourth-order valence-electron chi connectivity index (χ4n) is 3.45. The normalized spacial score (nSPS) is 13.9. The van der Waals surface area contributed by atoms with Crippen molar-refractivity contribution in [3.8, 4) is 5.75 Å². The second kappa shape index (κ2) is 10.0. The fourth-order valence-corrected chi connectivity index (χ4v) is 4.45. The van der Waals surface area contributed by atoms with Crippen LogP contribution in [0.15, 0.2) is 30.6 Å². The van der Waals surface area contributed by atoms with Gasteiger partial charge in [-0.15, -0.1) is 13.2 Å². The highest BCUT2D eigenvalue weighted by Gasteiger charge is 2.34. The lowest BCUT2D eigenvalue weighted by atomic mass is 10.2. The Bertz CT molecular complexity index is 1280. The maximum Gasteiger partial charge on any atom is 0.573 e. The molecule has 3 aromatic rings. The van der Waals surface area contributed by atoms with E-state index in [0.29, 0.717) is 27.0 Å². The number of alkyl halides is 3. The number of amides is 3. The number of halogens is 4. The summed E-state index contributed by atoms with van der Waals surface area (Å²) in [6.07, 6.45) is -1.84. The molecule has 0 saturated carbocycles. The Morgan fingerprint density at radius 3 is 2.64 bits per heavy atom. The molecule has 1 fully saturated rings. The zero-order valence-electron chi connectivity index (χ0n) is 19.1. The van der Waals surface area contributed by atoms with Gasteiger partial charge in [0.15, 0.2) is 16.7 Å². The first-order valence-electron chi connectivity index (χ1n) is 10.6. The highest BCUT2D eigenvalue weighted by Crippen LogP contribution is 2.30. The van der Waals surface area contributed by atoms with Gasteiger partial charge in [-0.3, -0.25) is 19.7 Å². The number of hydrogen-bond donors (Lipinski definition) is 1. The van der Waals surface area contributed by atoms with Crippen LogP contribution in [0.5, 0.6) is 5.75 Å². The van der Waals surface area contributed by atoms with E-state index in [-0.39, 0.29) is 32.1 Å². The standard InChI is InChI=1S/C22H20F4N6O3S/c1-12-8-28-15(9-27-12)10-29-19(33)18-13(2)30-20(36-18)32-6-5-31(21(32)34)11-14-3-4-17(16(23)7-14)35-22(24,25)26/h3-4,7-9H,5-6,10-11H2,1-2H3,(H,29,33). The Hall–Kier alpha value is -3.81.